The first kappa shape index (κ1) is 18.2. The van der Waals surface area contributed by atoms with Crippen LogP contribution in [-0.4, -0.2) is 17.0 Å². The van der Waals surface area contributed by atoms with E-state index in [9.17, 15) is 24.4 Å². The lowest BCUT2D eigenvalue weighted by Crippen LogP contribution is -2.16. The molecule has 2 aromatic carbocycles. The van der Waals surface area contributed by atoms with Gasteiger partial charge in [-0.25, -0.2) is 9.82 Å². The minimum Gasteiger partial charge on any atom is -0.868 e. The third-order valence-corrected chi connectivity index (χ3v) is 4.65. The molecule has 0 unspecified atom stereocenters. The van der Waals surface area contributed by atoms with Crippen LogP contribution < -0.4 is 10.5 Å². The van der Waals surface area contributed by atoms with Crippen LogP contribution in [0.3, 0.4) is 0 Å². The SMILES string of the molecule is O=C(N/N=C\c1ccc([O-])c([N+](=O)[O-])c1)c1ccc(-c2ccc(F)cc2)s1. The van der Waals surface area contributed by atoms with Gasteiger partial charge in [0.2, 0.25) is 0 Å². The normalized spacial score (nSPS) is 10.9. The average Bonchev–Trinajstić information content (AvgIpc) is 3.13. The number of rotatable bonds is 5. The minimum atomic E-state index is -0.777. The van der Waals surface area contributed by atoms with Crippen LogP contribution in [0.1, 0.15) is 15.2 Å². The Bertz CT molecular complexity index is 1030. The number of nitro benzene ring substituents is 1. The number of carbonyl (C=O) groups excluding carboxylic acids is 1. The average molecular weight is 384 g/mol. The monoisotopic (exact) mass is 384 g/mol. The van der Waals surface area contributed by atoms with Crippen molar-refractivity contribution in [3.8, 4) is 16.2 Å². The van der Waals surface area contributed by atoms with Gasteiger partial charge in [0, 0.05) is 16.5 Å². The van der Waals surface area contributed by atoms with E-state index < -0.39 is 22.3 Å². The number of amides is 1. The summed E-state index contributed by atoms with van der Waals surface area (Å²) in [7, 11) is 0. The first-order valence-corrected chi connectivity index (χ1v) is 8.40. The number of carbonyl (C=O) groups is 1. The predicted octanol–water partition coefficient (Wildman–Crippen LogP) is 3.30. The third-order valence-electron chi connectivity index (χ3n) is 3.52. The number of hydrogen-bond acceptors (Lipinski definition) is 6. The minimum absolute atomic E-state index is 0.305. The summed E-state index contributed by atoms with van der Waals surface area (Å²) in [4.78, 5) is 23.3. The molecule has 0 fully saturated rings. The summed E-state index contributed by atoms with van der Waals surface area (Å²) in [6.45, 7) is 0. The molecule has 0 bridgehead atoms. The molecule has 0 saturated heterocycles. The smallest absolute Gasteiger partial charge is 0.281 e. The molecular weight excluding hydrogens is 373 g/mol. The van der Waals surface area contributed by atoms with E-state index in [4.69, 9.17) is 0 Å². The van der Waals surface area contributed by atoms with Gasteiger partial charge >= 0.3 is 0 Å². The molecule has 1 aromatic heterocycles. The van der Waals surface area contributed by atoms with Crippen LogP contribution in [-0.2, 0) is 0 Å². The first-order valence-electron chi connectivity index (χ1n) is 7.58. The van der Waals surface area contributed by atoms with Crippen molar-refractivity contribution in [3.05, 3.63) is 81.0 Å². The summed E-state index contributed by atoms with van der Waals surface area (Å²) < 4.78 is 13.0. The maximum atomic E-state index is 13.0. The lowest BCUT2D eigenvalue weighted by Gasteiger charge is -2.05. The van der Waals surface area contributed by atoms with Crippen molar-refractivity contribution in [2.45, 2.75) is 0 Å². The number of nitro groups is 1. The van der Waals surface area contributed by atoms with E-state index in [1.807, 2.05) is 0 Å². The molecule has 3 aromatic rings. The summed E-state index contributed by atoms with van der Waals surface area (Å²) in [5.74, 6) is -1.50. The summed E-state index contributed by atoms with van der Waals surface area (Å²) >= 11 is 1.22. The molecule has 27 heavy (non-hydrogen) atoms. The van der Waals surface area contributed by atoms with Crippen molar-refractivity contribution in [1.82, 2.24) is 5.43 Å². The number of halogens is 1. The van der Waals surface area contributed by atoms with E-state index in [1.54, 1.807) is 24.3 Å². The Morgan fingerprint density at radius 3 is 2.59 bits per heavy atom. The number of hydrazone groups is 1. The highest BCUT2D eigenvalue weighted by Gasteiger charge is 2.10. The van der Waals surface area contributed by atoms with Crippen LogP contribution in [0.25, 0.3) is 10.4 Å². The molecule has 1 heterocycles. The molecular formula is C18H11FN3O4S-. The Balaban J connectivity index is 1.68. The van der Waals surface area contributed by atoms with Crippen LogP contribution in [0.5, 0.6) is 5.75 Å². The Morgan fingerprint density at radius 2 is 1.89 bits per heavy atom. The molecule has 3 rings (SSSR count). The Labute approximate surface area is 156 Å². The molecule has 1 amide bonds. The highest BCUT2D eigenvalue weighted by atomic mass is 32.1. The first-order chi connectivity index (χ1) is 12.9. The quantitative estimate of drug-likeness (QED) is 0.414. The molecule has 0 aliphatic rings. The van der Waals surface area contributed by atoms with Gasteiger partial charge in [0.25, 0.3) is 11.6 Å². The number of nitrogens with one attached hydrogen (secondary N) is 1. The number of nitrogens with zero attached hydrogens (tertiary/aromatic N) is 2. The topological polar surface area (TPSA) is 108 Å². The lowest BCUT2D eigenvalue weighted by atomic mass is 10.2. The van der Waals surface area contributed by atoms with Crippen LogP contribution in [0, 0.1) is 15.9 Å². The zero-order chi connectivity index (χ0) is 19.4. The summed E-state index contributed by atoms with van der Waals surface area (Å²) in [6.07, 6.45) is 1.21. The van der Waals surface area contributed by atoms with Gasteiger partial charge in [-0.3, -0.25) is 14.9 Å². The van der Waals surface area contributed by atoms with Gasteiger partial charge in [0.15, 0.2) is 0 Å². The maximum absolute atomic E-state index is 13.0. The Kier molecular flexibility index (Phi) is 5.23. The lowest BCUT2D eigenvalue weighted by molar-refractivity contribution is -0.398. The molecule has 9 heteroatoms. The van der Waals surface area contributed by atoms with Gasteiger partial charge in [-0.05, 0) is 35.6 Å². The second-order valence-corrected chi connectivity index (χ2v) is 6.44. The van der Waals surface area contributed by atoms with Gasteiger partial charge in [-0.2, -0.15) is 5.10 Å². The van der Waals surface area contributed by atoms with Crippen LogP contribution in [0.2, 0.25) is 0 Å². The second kappa shape index (κ2) is 7.75. The van der Waals surface area contributed by atoms with Crippen molar-refractivity contribution in [2.75, 3.05) is 0 Å². The van der Waals surface area contributed by atoms with Gasteiger partial charge in [0.05, 0.1) is 16.0 Å². The van der Waals surface area contributed by atoms with Crippen LogP contribution >= 0.6 is 11.3 Å². The molecule has 7 nitrogen and oxygen atoms in total. The summed E-state index contributed by atoms with van der Waals surface area (Å²) in [6, 6.07) is 12.8. The van der Waals surface area contributed by atoms with Crippen molar-refractivity contribution in [3.63, 3.8) is 0 Å². The molecule has 136 valence electrons. The third kappa shape index (κ3) is 4.33. The van der Waals surface area contributed by atoms with Crippen LogP contribution in [0.4, 0.5) is 10.1 Å². The molecule has 0 spiro atoms. The second-order valence-electron chi connectivity index (χ2n) is 5.35. The van der Waals surface area contributed by atoms with Gasteiger partial charge in [0.1, 0.15) is 5.82 Å². The molecule has 0 aliphatic carbocycles. The van der Waals surface area contributed by atoms with Gasteiger partial charge in [-0.15, -0.1) is 11.3 Å². The highest BCUT2D eigenvalue weighted by Crippen LogP contribution is 2.28. The molecule has 0 saturated carbocycles. The van der Waals surface area contributed by atoms with E-state index in [0.29, 0.717) is 10.4 Å². The van der Waals surface area contributed by atoms with E-state index in [1.165, 1.54) is 35.8 Å². The van der Waals surface area contributed by atoms with Crippen molar-refractivity contribution >= 4 is 29.1 Å². The molecule has 1 N–H and O–H groups in total. The fourth-order valence-electron chi connectivity index (χ4n) is 2.21. The van der Waals surface area contributed by atoms with Crippen molar-refractivity contribution < 1.29 is 19.2 Å². The summed E-state index contributed by atoms with van der Waals surface area (Å²) in [5.41, 5.74) is 2.85. The molecule has 0 aliphatic heterocycles. The van der Waals surface area contributed by atoms with E-state index in [2.05, 4.69) is 10.5 Å². The van der Waals surface area contributed by atoms with Gasteiger partial charge < -0.3 is 5.11 Å². The predicted molar refractivity (Wildman–Crippen MR) is 97.3 cm³/mol. The van der Waals surface area contributed by atoms with Crippen molar-refractivity contribution in [2.24, 2.45) is 5.10 Å². The zero-order valence-corrected chi connectivity index (χ0v) is 14.4. The summed E-state index contributed by atoms with van der Waals surface area (Å²) in [5, 5.41) is 25.8. The Hall–Kier alpha value is -3.59. The fourth-order valence-corrected chi connectivity index (χ4v) is 3.11. The molecule has 0 atom stereocenters. The largest absolute Gasteiger partial charge is 0.868 e. The highest BCUT2D eigenvalue weighted by molar-refractivity contribution is 7.17. The molecule has 0 radical (unpaired) electrons. The number of hydrogen-bond donors (Lipinski definition) is 1. The maximum Gasteiger partial charge on any atom is 0.281 e. The fraction of sp³-hybridized carbons (Fsp3) is 0. The van der Waals surface area contributed by atoms with E-state index >= 15 is 0 Å². The van der Waals surface area contributed by atoms with E-state index in [0.717, 1.165) is 22.6 Å². The number of benzene rings is 2. The van der Waals surface area contributed by atoms with Crippen LogP contribution in [0.15, 0.2) is 59.7 Å². The van der Waals surface area contributed by atoms with E-state index in [-0.39, 0.29) is 5.82 Å². The van der Waals surface area contributed by atoms with Crippen molar-refractivity contribution in [1.29, 1.82) is 0 Å². The van der Waals surface area contributed by atoms with Gasteiger partial charge in [-0.1, -0.05) is 24.3 Å². The standard InChI is InChI=1S/C18H12FN3O4S/c19-13-4-2-12(3-5-13)16-7-8-17(27-16)18(24)21-20-10-11-1-6-15(23)14(9-11)22(25)26/h1-10,23H,(H,21,24)/p-1/b20-10-. The Morgan fingerprint density at radius 1 is 1.15 bits per heavy atom. The zero-order valence-electron chi connectivity index (χ0n) is 13.6. The number of thiophene rings is 1.